The zero-order valence-electron chi connectivity index (χ0n) is 18.7. The average Bonchev–Trinajstić information content (AvgIpc) is 3.35. The first-order chi connectivity index (χ1) is 16.5. The highest BCUT2D eigenvalue weighted by molar-refractivity contribution is 9.10. The molecule has 1 aromatic heterocycles. The van der Waals surface area contributed by atoms with E-state index >= 15 is 0 Å². The largest absolute Gasteiger partial charge is 0.494 e. The molecule has 1 N–H and O–H groups in total. The minimum Gasteiger partial charge on any atom is -0.494 e. The normalized spacial score (nSPS) is 15.9. The summed E-state index contributed by atoms with van der Waals surface area (Å²) in [4.78, 5) is 18.0. The number of hydrogen-bond acceptors (Lipinski definition) is 4. The van der Waals surface area contributed by atoms with Gasteiger partial charge in [0.2, 0.25) is 0 Å². The topological polar surface area (TPSA) is 55.6 Å². The smallest absolute Gasteiger partial charge is 0.264 e. The molecule has 1 aliphatic rings. The Morgan fingerprint density at radius 3 is 2.71 bits per heavy atom. The second-order valence-electron chi connectivity index (χ2n) is 8.01. The molecule has 2 heterocycles. The molecule has 0 atom stereocenters. The molecule has 1 amide bonds. The van der Waals surface area contributed by atoms with Gasteiger partial charge in [0.1, 0.15) is 11.4 Å². The van der Waals surface area contributed by atoms with Crippen LogP contribution in [0.15, 0.2) is 87.3 Å². The fourth-order valence-electron chi connectivity index (χ4n) is 3.93. The third kappa shape index (κ3) is 4.67. The SMILES string of the molecule is COc1ccc(C)cc1N=C1NC(=O)/C(=C/c2cn(Cc3ccc(Br)cc3)c3ccccc23)S1. The van der Waals surface area contributed by atoms with Crippen molar-refractivity contribution < 1.29 is 9.53 Å². The molecule has 0 unspecified atom stereocenters. The zero-order chi connectivity index (χ0) is 23.7. The maximum absolute atomic E-state index is 12.7. The number of amidine groups is 1. The number of benzene rings is 3. The molecular weight excluding hydrogens is 510 g/mol. The highest BCUT2D eigenvalue weighted by atomic mass is 79.9. The number of thioether (sulfide) groups is 1. The van der Waals surface area contributed by atoms with Gasteiger partial charge in [0, 0.05) is 33.7 Å². The van der Waals surface area contributed by atoms with Gasteiger partial charge in [-0.2, -0.15) is 0 Å². The molecule has 1 aliphatic heterocycles. The Hall–Kier alpha value is -3.29. The number of rotatable bonds is 5. The van der Waals surface area contributed by atoms with Crippen LogP contribution < -0.4 is 10.1 Å². The number of aromatic nitrogens is 1. The molecule has 5 rings (SSSR count). The Kier molecular flexibility index (Phi) is 6.30. The van der Waals surface area contributed by atoms with Gasteiger partial charge in [-0.15, -0.1) is 0 Å². The van der Waals surface area contributed by atoms with Crippen molar-refractivity contribution in [1.29, 1.82) is 0 Å². The first-order valence-electron chi connectivity index (χ1n) is 10.8. The zero-order valence-corrected chi connectivity index (χ0v) is 21.1. The number of ether oxygens (including phenoxy) is 1. The second kappa shape index (κ2) is 9.52. The van der Waals surface area contributed by atoms with Crippen LogP contribution in [0.5, 0.6) is 5.75 Å². The number of halogens is 1. The van der Waals surface area contributed by atoms with Crippen LogP contribution in [-0.2, 0) is 11.3 Å². The maximum atomic E-state index is 12.7. The van der Waals surface area contributed by atoms with E-state index in [2.05, 4.69) is 61.3 Å². The molecule has 5 nitrogen and oxygen atoms in total. The number of fused-ring (bicyclic) bond motifs is 1. The Bertz CT molecular complexity index is 1450. The first-order valence-corrected chi connectivity index (χ1v) is 12.4. The number of aryl methyl sites for hydroxylation is 1. The first kappa shape index (κ1) is 22.5. The van der Waals surface area contributed by atoms with E-state index in [4.69, 9.17) is 4.74 Å². The number of carbonyl (C=O) groups is 1. The summed E-state index contributed by atoms with van der Waals surface area (Å²) < 4.78 is 8.69. The minimum atomic E-state index is -0.153. The van der Waals surface area contributed by atoms with Crippen LogP contribution in [0.3, 0.4) is 0 Å². The van der Waals surface area contributed by atoms with Crippen LogP contribution in [0.1, 0.15) is 16.7 Å². The summed E-state index contributed by atoms with van der Waals surface area (Å²) in [5.74, 6) is 0.515. The monoisotopic (exact) mass is 531 g/mol. The van der Waals surface area contributed by atoms with E-state index in [0.29, 0.717) is 21.5 Å². The molecular formula is C27H22BrN3O2S. The average molecular weight is 532 g/mol. The van der Waals surface area contributed by atoms with Gasteiger partial charge in [0.25, 0.3) is 5.91 Å². The van der Waals surface area contributed by atoms with Gasteiger partial charge in [-0.1, -0.05) is 52.3 Å². The molecule has 0 saturated carbocycles. The number of para-hydroxylation sites is 1. The van der Waals surface area contributed by atoms with E-state index in [0.717, 1.165) is 33.0 Å². The number of carbonyl (C=O) groups excluding carboxylic acids is 1. The lowest BCUT2D eigenvalue weighted by molar-refractivity contribution is -0.115. The second-order valence-corrected chi connectivity index (χ2v) is 9.96. The van der Waals surface area contributed by atoms with Crippen molar-refractivity contribution in [2.24, 2.45) is 4.99 Å². The molecule has 0 radical (unpaired) electrons. The predicted molar refractivity (Wildman–Crippen MR) is 144 cm³/mol. The lowest BCUT2D eigenvalue weighted by Crippen LogP contribution is -2.19. The fraction of sp³-hybridized carbons (Fsp3) is 0.111. The number of nitrogens with zero attached hydrogens (tertiary/aromatic N) is 2. The molecule has 1 saturated heterocycles. The fourth-order valence-corrected chi connectivity index (χ4v) is 5.02. The molecule has 170 valence electrons. The summed E-state index contributed by atoms with van der Waals surface area (Å²) in [7, 11) is 1.62. The van der Waals surface area contributed by atoms with Crippen molar-refractivity contribution in [3.05, 3.63) is 99.0 Å². The van der Waals surface area contributed by atoms with E-state index in [-0.39, 0.29) is 5.91 Å². The number of amides is 1. The van der Waals surface area contributed by atoms with E-state index in [1.165, 1.54) is 17.3 Å². The quantitative estimate of drug-likeness (QED) is 0.293. The Labute approximate surface area is 210 Å². The van der Waals surface area contributed by atoms with Crippen molar-refractivity contribution in [2.75, 3.05) is 7.11 Å². The van der Waals surface area contributed by atoms with Crippen molar-refractivity contribution >= 4 is 61.4 Å². The maximum Gasteiger partial charge on any atom is 0.264 e. The summed E-state index contributed by atoms with van der Waals surface area (Å²) in [5.41, 5.74) is 5.10. The Morgan fingerprint density at radius 2 is 1.91 bits per heavy atom. The van der Waals surface area contributed by atoms with Crippen molar-refractivity contribution in [3.8, 4) is 5.75 Å². The Morgan fingerprint density at radius 1 is 1.12 bits per heavy atom. The van der Waals surface area contributed by atoms with Gasteiger partial charge < -0.3 is 14.6 Å². The summed E-state index contributed by atoms with van der Waals surface area (Å²) in [5, 5.41) is 4.53. The van der Waals surface area contributed by atoms with Crippen LogP contribution in [-0.4, -0.2) is 22.8 Å². The molecule has 0 aliphatic carbocycles. The highest BCUT2D eigenvalue weighted by Crippen LogP contribution is 2.34. The van der Waals surface area contributed by atoms with Gasteiger partial charge in [-0.3, -0.25) is 4.79 Å². The van der Waals surface area contributed by atoms with E-state index < -0.39 is 0 Å². The van der Waals surface area contributed by atoms with Crippen LogP contribution in [0.4, 0.5) is 5.69 Å². The van der Waals surface area contributed by atoms with Crippen molar-refractivity contribution in [1.82, 2.24) is 9.88 Å². The number of methoxy groups -OCH3 is 1. The van der Waals surface area contributed by atoms with Crippen molar-refractivity contribution in [2.45, 2.75) is 13.5 Å². The van der Waals surface area contributed by atoms with Gasteiger partial charge in [0.05, 0.1) is 12.0 Å². The van der Waals surface area contributed by atoms with E-state index in [9.17, 15) is 4.79 Å². The summed E-state index contributed by atoms with van der Waals surface area (Å²) in [6.07, 6.45) is 4.04. The third-order valence-electron chi connectivity index (χ3n) is 5.58. The lowest BCUT2D eigenvalue weighted by Gasteiger charge is -2.05. The molecule has 7 heteroatoms. The van der Waals surface area contributed by atoms with Gasteiger partial charge in [-0.25, -0.2) is 4.99 Å². The standard InChI is InChI=1S/C27H22BrN3O2S/c1-17-7-12-24(33-2)22(13-17)29-27-30-26(32)25(34-27)14-19-16-31(23-6-4-3-5-21(19)23)15-18-8-10-20(28)11-9-18/h3-14,16H,15H2,1-2H3,(H,29,30,32)/b25-14-. The number of hydrogen-bond donors (Lipinski definition) is 1. The lowest BCUT2D eigenvalue weighted by atomic mass is 10.1. The molecule has 3 aromatic carbocycles. The minimum absolute atomic E-state index is 0.153. The van der Waals surface area contributed by atoms with Gasteiger partial charge in [0.15, 0.2) is 5.17 Å². The highest BCUT2D eigenvalue weighted by Gasteiger charge is 2.25. The molecule has 0 bridgehead atoms. The Balaban J connectivity index is 1.47. The predicted octanol–water partition coefficient (Wildman–Crippen LogP) is 6.66. The van der Waals surface area contributed by atoms with Crippen LogP contribution in [0.25, 0.3) is 17.0 Å². The van der Waals surface area contributed by atoms with Crippen LogP contribution in [0, 0.1) is 6.92 Å². The third-order valence-corrected chi connectivity index (χ3v) is 7.02. The molecule has 34 heavy (non-hydrogen) atoms. The number of nitrogens with one attached hydrogen (secondary N) is 1. The van der Waals surface area contributed by atoms with Crippen LogP contribution in [0.2, 0.25) is 0 Å². The summed E-state index contributed by atoms with van der Waals surface area (Å²) in [6.45, 7) is 2.75. The summed E-state index contributed by atoms with van der Waals surface area (Å²) >= 11 is 4.83. The van der Waals surface area contributed by atoms with Gasteiger partial charge >= 0.3 is 0 Å². The van der Waals surface area contributed by atoms with E-state index in [1.54, 1.807) is 7.11 Å². The van der Waals surface area contributed by atoms with Gasteiger partial charge in [-0.05, 0) is 66.2 Å². The number of aliphatic imine (C=N–C) groups is 1. The van der Waals surface area contributed by atoms with E-state index in [1.807, 2.05) is 55.5 Å². The summed E-state index contributed by atoms with van der Waals surface area (Å²) in [6, 6.07) is 22.4. The molecule has 1 fully saturated rings. The van der Waals surface area contributed by atoms with Crippen LogP contribution >= 0.6 is 27.7 Å². The molecule has 0 spiro atoms. The van der Waals surface area contributed by atoms with Crippen molar-refractivity contribution in [3.63, 3.8) is 0 Å². The molecule has 4 aromatic rings.